The van der Waals surface area contributed by atoms with E-state index in [4.69, 9.17) is 9.47 Å². The standard InChI is InChI=1S/C12H24O.C11H22O/c1-10(2,3)12(11(4,5)6)7-8-13-9-12;1-9(2,3)11(7-12-8-11)10(4,5)6/h7-9H2,1-6H3;7-8H2,1-6H3. The van der Waals surface area contributed by atoms with Crippen LogP contribution < -0.4 is 0 Å². The van der Waals surface area contributed by atoms with Gasteiger partial charge in [0.25, 0.3) is 0 Å². The Morgan fingerprint density at radius 2 is 0.800 bits per heavy atom. The van der Waals surface area contributed by atoms with E-state index in [1.54, 1.807) is 0 Å². The maximum atomic E-state index is 5.61. The Kier molecular flexibility index (Phi) is 6.26. The second-order valence-electron chi connectivity index (χ2n) is 12.5. The molecule has 2 heterocycles. The van der Waals surface area contributed by atoms with Crippen molar-refractivity contribution in [2.24, 2.45) is 32.5 Å². The van der Waals surface area contributed by atoms with Crippen LogP contribution in [0, 0.1) is 32.5 Å². The topological polar surface area (TPSA) is 18.5 Å². The molecule has 0 radical (unpaired) electrons. The minimum absolute atomic E-state index is 0.335. The third-order valence-corrected chi connectivity index (χ3v) is 7.46. The van der Waals surface area contributed by atoms with Crippen LogP contribution in [0.15, 0.2) is 0 Å². The molecular formula is C23H46O2. The summed E-state index contributed by atoms with van der Waals surface area (Å²) >= 11 is 0. The van der Waals surface area contributed by atoms with Crippen molar-refractivity contribution in [1.82, 2.24) is 0 Å². The van der Waals surface area contributed by atoms with E-state index in [9.17, 15) is 0 Å². The molecule has 0 N–H and O–H groups in total. The molecule has 2 aliphatic rings. The highest BCUT2D eigenvalue weighted by Gasteiger charge is 2.55. The summed E-state index contributed by atoms with van der Waals surface area (Å²) in [6.07, 6.45) is 1.21. The fraction of sp³-hybridized carbons (Fsp3) is 1.00. The lowest BCUT2D eigenvalue weighted by Crippen LogP contribution is -2.59. The molecule has 2 rings (SSSR count). The molecule has 150 valence electrons. The van der Waals surface area contributed by atoms with Crippen molar-refractivity contribution >= 4 is 0 Å². The Bertz CT molecular complexity index is 393. The van der Waals surface area contributed by atoms with Gasteiger partial charge >= 0.3 is 0 Å². The third kappa shape index (κ3) is 4.10. The maximum Gasteiger partial charge on any atom is 0.0554 e. The van der Waals surface area contributed by atoms with Crippen LogP contribution in [-0.2, 0) is 9.47 Å². The minimum atomic E-state index is 0.335. The Morgan fingerprint density at radius 1 is 0.480 bits per heavy atom. The van der Waals surface area contributed by atoms with Gasteiger partial charge in [0.2, 0.25) is 0 Å². The summed E-state index contributed by atoms with van der Waals surface area (Å²) in [5.74, 6) is 0. The van der Waals surface area contributed by atoms with Gasteiger partial charge in [0.05, 0.1) is 19.8 Å². The Hall–Kier alpha value is -0.0800. The zero-order chi connectivity index (χ0) is 19.9. The molecule has 25 heavy (non-hydrogen) atoms. The average molecular weight is 355 g/mol. The van der Waals surface area contributed by atoms with Gasteiger partial charge in [0.1, 0.15) is 0 Å². The molecule has 0 unspecified atom stereocenters. The molecule has 0 amide bonds. The molecule has 0 atom stereocenters. The summed E-state index contributed by atoms with van der Waals surface area (Å²) in [5.41, 5.74) is 2.09. The van der Waals surface area contributed by atoms with E-state index in [0.717, 1.165) is 26.4 Å². The van der Waals surface area contributed by atoms with E-state index >= 15 is 0 Å². The molecule has 0 aromatic carbocycles. The van der Waals surface area contributed by atoms with E-state index in [-0.39, 0.29) is 0 Å². The summed E-state index contributed by atoms with van der Waals surface area (Å²) in [6.45, 7) is 31.7. The number of ether oxygens (including phenoxy) is 2. The minimum Gasteiger partial charge on any atom is -0.381 e. The van der Waals surface area contributed by atoms with Crippen LogP contribution in [0.25, 0.3) is 0 Å². The van der Waals surface area contributed by atoms with Gasteiger partial charge in [-0.25, -0.2) is 0 Å². The lowest BCUT2D eigenvalue weighted by Gasteiger charge is -2.58. The van der Waals surface area contributed by atoms with Crippen LogP contribution in [0.4, 0.5) is 0 Å². The van der Waals surface area contributed by atoms with Gasteiger partial charge < -0.3 is 9.47 Å². The summed E-state index contributed by atoms with van der Waals surface area (Å²) in [6, 6.07) is 0. The van der Waals surface area contributed by atoms with Crippen LogP contribution in [-0.4, -0.2) is 26.4 Å². The van der Waals surface area contributed by atoms with Crippen LogP contribution in [0.2, 0.25) is 0 Å². The lowest BCUT2D eigenvalue weighted by molar-refractivity contribution is -0.224. The smallest absolute Gasteiger partial charge is 0.0554 e. The first-order valence-corrected chi connectivity index (χ1v) is 10.1. The fourth-order valence-corrected chi connectivity index (χ4v) is 5.17. The van der Waals surface area contributed by atoms with E-state index in [1.807, 2.05) is 0 Å². The molecule has 0 saturated carbocycles. The first-order chi connectivity index (χ1) is 10.9. The predicted molar refractivity (Wildman–Crippen MR) is 109 cm³/mol. The molecule has 2 fully saturated rings. The quantitative estimate of drug-likeness (QED) is 0.489. The van der Waals surface area contributed by atoms with Gasteiger partial charge in [-0.1, -0.05) is 83.1 Å². The normalized spacial score (nSPS) is 23.5. The zero-order valence-corrected chi connectivity index (χ0v) is 19.4. The summed E-state index contributed by atoms with van der Waals surface area (Å²) in [5, 5.41) is 0. The first kappa shape index (κ1) is 23.0. The highest BCUT2D eigenvalue weighted by Crippen LogP contribution is 2.57. The van der Waals surface area contributed by atoms with Crippen molar-refractivity contribution in [3.63, 3.8) is 0 Å². The van der Waals surface area contributed by atoms with Crippen molar-refractivity contribution in [2.45, 2.75) is 89.5 Å². The van der Waals surface area contributed by atoms with E-state index in [2.05, 4.69) is 83.1 Å². The second kappa shape index (κ2) is 6.82. The van der Waals surface area contributed by atoms with Gasteiger partial charge in [0, 0.05) is 17.4 Å². The van der Waals surface area contributed by atoms with Crippen LogP contribution in [0.3, 0.4) is 0 Å². The van der Waals surface area contributed by atoms with Crippen molar-refractivity contribution < 1.29 is 9.47 Å². The highest BCUT2D eigenvalue weighted by molar-refractivity contribution is 5.03. The SMILES string of the molecule is CC(C)(C)C1(C(C)(C)C)CCOC1.CC(C)(C)C1(C(C)(C)C)COC1. The van der Waals surface area contributed by atoms with Crippen LogP contribution >= 0.6 is 0 Å². The molecule has 0 aromatic heterocycles. The summed E-state index contributed by atoms with van der Waals surface area (Å²) < 4.78 is 11.0. The molecule has 2 aliphatic heterocycles. The molecule has 2 nitrogen and oxygen atoms in total. The highest BCUT2D eigenvalue weighted by atomic mass is 16.5. The van der Waals surface area contributed by atoms with Crippen molar-refractivity contribution in [3.8, 4) is 0 Å². The van der Waals surface area contributed by atoms with Crippen molar-refractivity contribution in [3.05, 3.63) is 0 Å². The molecule has 0 bridgehead atoms. The van der Waals surface area contributed by atoms with E-state index in [0.29, 0.717) is 32.5 Å². The fourth-order valence-electron chi connectivity index (χ4n) is 5.17. The molecule has 2 saturated heterocycles. The third-order valence-electron chi connectivity index (χ3n) is 7.46. The molecule has 2 heteroatoms. The Labute approximate surface area is 158 Å². The Morgan fingerprint density at radius 3 is 0.880 bits per heavy atom. The van der Waals surface area contributed by atoms with E-state index in [1.165, 1.54) is 6.42 Å². The first-order valence-electron chi connectivity index (χ1n) is 10.1. The van der Waals surface area contributed by atoms with Crippen LogP contribution in [0.1, 0.15) is 89.5 Å². The predicted octanol–water partition coefficient (Wildman–Crippen LogP) is 6.58. The summed E-state index contributed by atoms with van der Waals surface area (Å²) in [7, 11) is 0. The van der Waals surface area contributed by atoms with Gasteiger partial charge in [0.15, 0.2) is 0 Å². The molecule has 0 spiro atoms. The van der Waals surface area contributed by atoms with Gasteiger partial charge in [-0.3, -0.25) is 0 Å². The number of hydrogen-bond acceptors (Lipinski definition) is 2. The maximum absolute atomic E-state index is 5.61. The van der Waals surface area contributed by atoms with E-state index < -0.39 is 0 Å². The van der Waals surface area contributed by atoms with Gasteiger partial charge in [-0.05, 0) is 28.1 Å². The monoisotopic (exact) mass is 354 g/mol. The molecular weight excluding hydrogens is 308 g/mol. The van der Waals surface area contributed by atoms with Crippen LogP contribution in [0.5, 0.6) is 0 Å². The largest absolute Gasteiger partial charge is 0.381 e. The summed E-state index contributed by atoms with van der Waals surface area (Å²) in [4.78, 5) is 0. The van der Waals surface area contributed by atoms with Gasteiger partial charge in [-0.15, -0.1) is 0 Å². The van der Waals surface area contributed by atoms with Gasteiger partial charge in [-0.2, -0.15) is 0 Å². The van der Waals surface area contributed by atoms with Crippen molar-refractivity contribution in [1.29, 1.82) is 0 Å². The average Bonchev–Trinajstić information content (AvgIpc) is 2.70. The molecule has 0 aliphatic carbocycles. The second-order valence-corrected chi connectivity index (χ2v) is 12.5. The molecule has 0 aromatic rings. The number of hydrogen-bond donors (Lipinski definition) is 0. The lowest BCUT2D eigenvalue weighted by atomic mass is 9.53. The zero-order valence-electron chi connectivity index (χ0n) is 19.4. The number of rotatable bonds is 0. The Balaban J connectivity index is 0.000000251. The van der Waals surface area contributed by atoms with Crippen molar-refractivity contribution in [2.75, 3.05) is 26.4 Å².